The average molecular weight is 325 g/mol. The van der Waals surface area contributed by atoms with Crippen LogP contribution in [0.4, 0.5) is 5.69 Å². The van der Waals surface area contributed by atoms with Gasteiger partial charge in [-0.15, -0.1) is 0 Å². The van der Waals surface area contributed by atoms with Crippen LogP contribution < -0.4 is 10.3 Å². The monoisotopic (exact) mass is 325 g/mol. The second kappa shape index (κ2) is 6.39. The molecule has 3 rings (SSSR count). The first kappa shape index (κ1) is 16.1. The number of rotatable bonds is 3. The van der Waals surface area contributed by atoms with Crippen LogP contribution in [0.2, 0.25) is 0 Å². The molecule has 24 heavy (non-hydrogen) atoms. The molecule has 1 aromatic carbocycles. The molecule has 1 saturated heterocycles. The number of allylic oxidation sites excluding steroid dienone is 2. The van der Waals surface area contributed by atoms with Gasteiger partial charge in [-0.1, -0.05) is 24.3 Å². The average Bonchev–Trinajstić information content (AvgIpc) is 2.84. The van der Waals surface area contributed by atoms with E-state index in [0.717, 1.165) is 0 Å². The van der Waals surface area contributed by atoms with E-state index < -0.39 is 5.91 Å². The Morgan fingerprint density at radius 3 is 2.25 bits per heavy atom. The predicted molar refractivity (Wildman–Crippen MR) is 90.5 cm³/mol. The fourth-order valence-corrected chi connectivity index (χ4v) is 3.12. The third-order valence-corrected chi connectivity index (χ3v) is 4.28. The van der Waals surface area contributed by atoms with E-state index in [0.29, 0.717) is 24.2 Å². The molecule has 6 heteroatoms. The largest absolute Gasteiger partial charge is 0.274 e. The summed E-state index contributed by atoms with van der Waals surface area (Å²) in [6, 6.07) is 6.62. The molecular formula is C18H19N3O3. The zero-order chi connectivity index (χ0) is 17.3. The number of benzene rings is 1. The summed E-state index contributed by atoms with van der Waals surface area (Å²) >= 11 is 0. The number of fused-ring (bicyclic) bond motifs is 1. The molecule has 1 aliphatic heterocycles. The number of nitrogens with one attached hydrogen (secondary N) is 1. The highest BCUT2D eigenvalue weighted by Crippen LogP contribution is 2.38. The van der Waals surface area contributed by atoms with E-state index in [2.05, 4.69) is 10.5 Å². The van der Waals surface area contributed by atoms with Gasteiger partial charge in [0, 0.05) is 5.71 Å². The van der Waals surface area contributed by atoms with Gasteiger partial charge in [-0.25, -0.2) is 10.3 Å². The zero-order valence-electron chi connectivity index (χ0n) is 13.7. The lowest BCUT2D eigenvalue weighted by atomic mass is 9.85. The van der Waals surface area contributed by atoms with Gasteiger partial charge < -0.3 is 0 Å². The minimum atomic E-state index is -0.444. The van der Waals surface area contributed by atoms with E-state index in [1.807, 2.05) is 12.2 Å². The van der Waals surface area contributed by atoms with Crippen LogP contribution in [0.3, 0.4) is 0 Å². The van der Waals surface area contributed by atoms with Crippen molar-refractivity contribution in [3.05, 3.63) is 42.0 Å². The lowest BCUT2D eigenvalue weighted by molar-refractivity contribution is -0.122. The molecule has 3 amide bonds. The molecule has 1 fully saturated rings. The standard InChI is InChI=1S/C18H19N3O3/c1-11(2)19-20-16(22)14-9-5-6-10-15(14)21-17(23)12-7-3-4-8-13(12)18(21)24/h3-6,9-10,12-13H,7-8H2,1-2H3,(H,20,22). The molecule has 1 aromatic rings. The summed E-state index contributed by atoms with van der Waals surface area (Å²) in [5.41, 5.74) is 3.72. The van der Waals surface area contributed by atoms with Crippen molar-refractivity contribution in [2.75, 3.05) is 4.90 Å². The third-order valence-electron chi connectivity index (χ3n) is 4.28. The highest BCUT2D eigenvalue weighted by molar-refractivity contribution is 6.24. The van der Waals surface area contributed by atoms with Crippen LogP contribution in [0, 0.1) is 11.8 Å². The fourth-order valence-electron chi connectivity index (χ4n) is 3.12. The molecule has 1 aliphatic carbocycles. The van der Waals surface area contributed by atoms with Crippen molar-refractivity contribution < 1.29 is 14.4 Å². The lowest BCUT2D eigenvalue weighted by Gasteiger charge is -2.18. The van der Waals surface area contributed by atoms with E-state index >= 15 is 0 Å². The molecule has 0 bridgehead atoms. The second-order valence-corrected chi connectivity index (χ2v) is 6.18. The molecule has 124 valence electrons. The van der Waals surface area contributed by atoms with Crippen LogP contribution >= 0.6 is 0 Å². The smallest absolute Gasteiger partial charge is 0.273 e. The number of carbonyl (C=O) groups is 3. The zero-order valence-corrected chi connectivity index (χ0v) is 13.7. The Morgan fingerprint density at radius 2 is 1.67 bits per heavy atom. The number of carbonyl (C=O) groups excluding carboxylic acids is 3. The topological polar surface area (TPSA) is 78.8 Å². The Kier molecular flexibility index (Phi) is 4.29. The molecular weight excluding hydrogens is 306 g/mol. The van der Waals surface area contributed by atoms with Gasteiger partial charge in [0.1, 0.15) is 0 Å². The molecule has 0 spiro atoms. The van der Waals surface area contributed by atoms with E-state index in [4.69, 9.17) is 0 Å². The van der Waals surface area contributed by atoms with E-state index in [-0.39, 0.29) is 29.2 Å². The van der Waals surface area contributed by atoms with Gasteiger partial charge in [-0.3, -0.25) is 14.4 Å². The summed E-state index contributed by atoms with van der Waals surface area (Å²) in [6.45, 7) is 3.52. The predicted octanol–water partition coefficient (Wildman–Crippen LogP) is 2.27. The third kappa shape index (κ3) is 2.75. The van der Waals surface area contributed by atoms with Crippen LogP contribution in [-0.2, 0) is 9.59 Å². The summed E-state index contributed by atoms with van der Waals surface area (Å²) in [5.74, 6) is -1.56. The molecule has 2 unspecified atom stereocenters. The molecule has 2 aliphatic rings. The summed E-state index contributed by atoms with van der Waals surface area (Å²) in [5, 5.41) is 3.90. The number of amides is 3. The second-order valence-electron chi connectivity index (χ2n) is 6.18. The van der Waals surface area contributed by atoms with Crippen molar-refractivity contribution in [2.45, 2.75) is 26.7 Å². The lowest BCUT2D eigenvalue weighted by Crippen LogP contribution is -2.33. The minimum Gasteiger partial charge on any atom is -0.274 e. The number of hydrogen-bond acceptors (Lipinski definition) is 4. The first-order valence-electron chi connectivity index (χ1n) is 7.93. The number of hydrogen-bond donors (Lipinski definition) is 1. The fraction of sp³-hybridized carbons (Fsp3) is 0.333. The SMILES string of the molecule is CC(C)=NNC(=O)c1ccccc1N1C(=O)C2CC=CCC2C1=O. The summed E-state index contributed by atoms with van der Waals surface area (Å²) < 4.78 is 0. The van der Waals surface area contributed by atoms with Crippen molar-refractivity contribution in [1.82, 2.24) is 5.43 Å². The Bertz CT molecular complexity index is 737. The number of imide groups is 1. The maximum atomic E-state index is 12.7. The van der Waals surface area contributed by atoms with Gasteiger partial charge in [0.15, 0.2) is 0 Å². The molecule has 0 saturated carbocycles. The van der Waals surface area contributed by atoms with E-state index in [1.165, 1.54) is 4.90 Å². The quantitative estimate of drug-likeness (QED) is 0.401. The summed E-state index contributed by atoms with van der Waals surface area (Å²) in [4.78, 5) is 38.9. The molecule has 0 aromatic heterocycles. The molecule has 1 heterocycles. The summed E-state index contributed by atoms with van der Waals surface area (Å²) in [7, 11) is 0. The molecule has 0 radical (unpaired) electrons. The van der Waals surface area contributed by atoms with Crippen molar-refractivity contribution in [3.8, 4) is 0 Å². The van der Waals surface area contributed by atoms with Crippen molar-refractivity contribution in [3.63, 3.8) is 0 Å². The van der Waals surface area contributed by atoms with Crippen LogP contribution in [0.1, 0.15) is 37.0 Å². The molecule has 1 N–H and O–H groups in total. The first-order valence-corrected chi connectivity index (χ1v) is 7.93. The maximum absolute atomic E-state index is 12.7. The Labute approximate surface area is 140 Å². The molecule has 6 nitrogen and oxygen atoms in total. The number of nitrogens with zero attached hydrogens (tertiary/aromatic N) is 2. The number of anilines is 1. The van der Waals surface area contributed by atoms with Crippen molar-refractivity contribution in [2.24, 2.45) is 16.9 Å². The van der Waals surface area contributed by atoms with Gasteiger partial charge in [-0.05, 0) is 38.8 Å². The normalized spacial score (nSPS) is 22.3. The highest BCUT2D eigenvalue weighted by Gasteiger charge is 2.48. The minimum absolute atomic E-state index is 0.232. The van der Waals surface area contributed by atoms with Crippen molar-refractivity contribution in [1.29, 1.82) is 0 Å². The van der Waals surface area contributed by atoms with Gasteiger partial charge >= 0.3 is 0 Å². The van der Waals surface area contributed by atoms with Crippen LogP contribution in [-0.4, -0.2) is 23.4 Å². The van der Waals surface area contributed by atoms with Crippen LogP contribution in [0.25, 0.3) is 0 Å². The summed E-state index contributed by atoms with van der Waals surface area (Å²) in [6.07, 6.45) is 5.01. The van der Waals surface area contributed by atoms with Crippen molar-refractivity contribution >= 4 is 29.1 Å². The number of hydrazone groups is 1. The van der Waals surface area contributed by atoms with Gasteiger partial charge in [0.25, 0.3) is 5.91 Å². The van der Waals surface area contributed by atoms with E-state index in [1.54, 1.807) is 38.1 Å². The molecule has 2 atom stereocenters. The van der Waals surface area contributed by atoms with Crippen LogP contribution in [0.5, 0.6) is 0 Å². The maximum Gasteiger partial charge on any atom is 0.273 e. The Hall–Kier alpha value is -2.76. The van der Waals surface area contributed by atoms with Gasteiger partial charge in [0.2, 0.25) is 11.8 Å². The van der Waals surface area contributed by atoms with Gasteiger partial charge in [0.05, 0.1) is 23.1 Å². The Balaban J connectivity index is 1.96. The first-order chi connectivity index (χ1) is 11.5. The highest BCUT2D eigenvalue weighted by atomic mass is 16.2. The van der Waals surface area contributed by atoms with Crippen LogP contribution in [0.15, 0.2) is 41.5 Å². The van der Waals surface area contributed by atoms with E-state index in [9.17, 15) is 14.4 Å². The van der Waals surface area contributed by atoms with Gasteiger partial charge in [-0.2, -0.15) is 5.10 Å². The Morgan fingerprint density at radius 1 is 1.08 bits per heavy atom. The number of para-hydroxylation sites is 1.